The Kier molecular flexibility index (Phi) is 10.2. The minimum absolute atomic E-state index is 0. The van der Waals surface area contributed by atoms with Gasteiger partial charge in [-0.2, -0.15) is 8.78 Å². The van der Waals surface area contributed by atoms with Crippen molar-refractivity contribution in [2.75, 3.05) is 32.7 Å². The number of aromatic nitrogens is 4. The SMILES string of the molecule is CC1CCN(CCCc2ccc3c4cnccc4n(C(F)F)c3c2)CC1.O=C(CCc1ccc2c(c1)[nH]c1ccncc12)N1CCCCC1.[HH]. The number of halogens is 2. The van der Waals surface area contributed by atoms with Gasteiger partial charge in [0.25, 0.3) is 0 Å². The molecule has 2 saturated heterocycles. The molecule has 2 aliphatic heterocycles. The second-order valence-electron chi connectivity index (χ2n) is 13.9. The molecule has 6 heterocycles. The number of piperidine rings is 2. The van der Waals surface area contributed by atoms with Crippen molar-refractivity contribution in [3.8, 4) is 0 Å². The number of fused-ring (bicyclic) bond motifs is 6. The minimum atomic E-state index is -2.55. The smallest absolute Gasteiger partial charge is 0.319 e. The molecular weight excluding hydrogens is 618 g/mol. The maximum atomic E-state index is 13.7. The molecule has 0 unspecified atom stereocenters. The van der Waals surface area contributed by atoms with Crippen LogP contribution >= 0.6 is 0 Å². The molecule has 49 heavy (non-hydrogen) atoms. The van der Waals surface area contributed by atoms with Crippen LogP contribution in [0.15, 0.2) is 73.3 Å². The standard InChI is InChI=1S/C21H25F2N3.C19H21N3O.H2/c1-15-7-11-25(12-8-15)10-2-3-16-4-5-17-18-14-24-9-6-19(18)26(21(22)23)20(17)13-16;23-19(22-10-2-1-3-11-22)7-5-14-4-6-15-16-13-20-9-8-17(16)21-18(15)12-14;/h4-6,9,13-15,21H,2-3,7-8,10-12H2,1H3;4,6,8-9,12-13,21H,1-3,5,7,10-11H2;1H. The Morgan fingerprint density at radius 2 is 1.53 bits per heavy atom. The molecule has 7 nitrogen and oxygen atoms in total. The molecule has 2 fully saturated rings. The van der Waals surface area contributed by atoms with E-state index in [1.807, 2.05) is 29.3 Å². The van der Waals surface area contributed by atoms with Gasteiger partial charge in [-0.05, 0) is 112 Å². The molecule has 0 aliphatic carbocycles. The van der Waals surface area contributed by atoms with Crippen LogP contribution in [0.5, 0.6) is 0 Å². The van der Waals surface area contributed by atoms with Gasteiger partial charge in [0.2, 0.25) is 5.91 Å². The van der Waals surface area contributed by atoms with E-state index in [1.165, 1.54) is 43.3 Å². The molecule has 6 aromatic rings. The van der Waals surface area contributed by atoms with Crippen molar-refractivity contribution < 1.29 is 15.0 Å². The number of H-pyrrole nitrogens is 1. The predicted molar refractivity (Wildman–Crippen MR) is 196 cm³/mol. The third kappa shape index (κ3) is 7.47. The fraction of sp³-hybridized carbons (Fsp3) is 0.425. The van der Waals surface area contributed by atoms with E-state index in [1.54, 1.807) is 24.7 Å². The average molecular weight is 667 g/mol. The van der Waals surface area contributed by atoms with Crippen LogP contribution in [0.25, 0.3) is 43.6 Å². The summed E-state index contributed by atoms with van der Waals surface area (Å²) >= 11 is 0. The van der Waals surface area contributed by atoms with E-state index < -0.39 is 6.55 Å². The lowest BCUT2D eigenvalue weighted by molar-refractivity contribution is -0.132. The number of likely N-dealkylation sites (tertiary alicyclic amines) is 2. The Bertz CT molecular complexity index is 2040. The number of alkyl halides is 2. The van der Waals surface area contributed by atoms with Crippen molar-refractivity contribution in [1.29, 1.82) is 0 Å². The highest BCUT2D eigenvalue weighted by molar-refractivity contribution is 6.08. The second kappa shape index (κ2) is 15.0. The van der Waals surface area contributed by atoms with Gasteiger partial charge in [-0.25, -0.2) is 0 Å². The summed E-state index contributed by atoms with van der Waals surface area (Å²) in [4.78, 5) is 28.6. The van der Waals surface area contributed by atoms with Gasteiger partial charge in [0.1, 0.15) is 0 Å². The van der Waals surface area contributed by atoms with Crippen LogP contribution in [0.2, 0.25) is 0 Å². The van der Waals surface area contributed by atoms with Gasteiger partial charge in [0, 0.05) is 78.3 Å². The number of pyridine rings is 2. The van der Waals surface area contributed by atoms with Crippen LogP contribution in [0.3, 0.4) is 0 Å². The summed E-state index contributed by atoms with van der Waals surface area (Å²) in [6, 6.07) is 16.1. The molecule has 258 valence electrons. The Morgan fingerprint density at radius 1 is 0.816 bits per heavy atom. The molecular formula is C40H48F2N6O. The highest BCUT2D eigenvalue weighted by Gasteiger charge is 2.19. The van der Waals surface area contributed by atoms with Gasteiger partial charge in [0.05, 0.1) is 11.0 Å². The third-order valence-electron chi connectivity index (χ3n) is 10.5. The van der Waals surface area contributed by atoms with Crippen LogP contribution in [-0.4, -0.2) is 67.9 Å². The summed E-state index contributed by atoms with van der Waals surface area (Å²) in [6.45, 7) is 5.11. The normalized spacial score (nSPS) is 16.2. The predicted octanol–water partition coefficient (Wildman–Crippen LogP) is 9.16. The molecule has 0 atom stereocenters. The van der Waals surface area contributed by atoms with Crippen LogP contribution in [0.4, 0.5) is 8.78 Å². The van der Waals surface area contributed by atoms with E-state index in [9.17, 15) is 13.6 Å². The van der Waals surface area contributed by atoms with E-state index in [4.69, 9.17) is 0 Å². The molecule has 2 aliphatic rings. The molecule has 1 N–H and O–H groups in total. The Balaban J connectivity index is 0.000000171. The lowest BCUT2D eigenvalue weighted by Gasteiger charge is -2.30. The average Bonchev–Trinajstić information content (AvgIpc) is 3.67. The lowest BCUT2D eigenvalue weighted by Crippen LogP contribution is -2.35. The zero-order chi connectivity index (χ0) is 33.7. The third-order valence-corrected chi connectivity index (χ3v) is 10.5. The number of hydrogen-bond acceptors (Lipinski definition) is 4. The first-order valence-corrected chi connectivity index (χ1v) is 17.9. The van der Waals surface area contributed by atoms with Gasteiger partial charge in [-0.1, -0.05) is 31.2 Å². The second-order valence-corrected chi connectivity index (χ2v) is 13.9. The summed E-state index contributed by atoms with van der Waals surface area (Å²) in [6.07, 6.45) is 16.5. The van der Waals surface area contributed by atoms with E-state index in [0.29, 0.717) is 23.4 Å². The van der Waals surface area contributed by atoms with E-state index in [2.05, 4.69) is 51.0 Å². The van der Waals surface area contributed by atoms with Crippen molar-refractivity contribution in [3.63, 3.8) is 0 Å². The molecule has 1 amide bonds. The zero-order valence-electron chi connectivity index (χ0n) is 28.4. The highest BCUT2D eigenvalue weighted by Crippen LogP contribution is 2.33. The van der Waals surface area contributed by atoms with Gasteiger partial charge in [0.15, 0.2) is 0 Å². The quantitative estimate of drug-likeness (QED) is 0.176. The first-order valence-electron chi connectivity index (χ1n) is 17.9. The molecule has 4 aromatic heterocycles. The van der Waals surface area contributed by atoms with Crippen LogP contribution < -0.4 is 0 Å². The maximum Gasteiger partial charge on any atom is 0.319 e. The topological polar surface area (TPSA) is 70.0 Å². The van der Waals surface area contributed by atoms with Gasteiger partial charge < -0.3 is 14.8 Å². The molecule has 9 heteroatoms. The maximum absolute atomic E-state index is 13.7. The summed E-state index contributed by atoms with van der Waals surface area (Å²) in [5.74, 6) is 1.14. The van der Waals surface area contributed by atoms with Gasteiger partial charge >= 0.3 is 6.55 Å². The summed E-state index contributed by atoms with van der Waals surface area (Å²) in [5.41, 5.74) is 5.72. The van der Waals surface area contributed by atoms with Crippen LogP contribution in [0.1, 0.15) is 71.0 Å². The molecule has 0 radical (unpaired) electrons. The Labute approximate surface area is 287 Å². The monoisotopic (exact) mass is 666 g/mol. The van der Waals surface area contributed by atoms with E-state index in [0.717, 1.165) is 95.0 Å². The minimum Gasteiger partial charge on any atom is -0.354 e. The first kappa shape index (κ1) is 33.1. The van der Waals surface area contributed by atoms with Crippen LogP contribution in [-0.2, 0) is 17.6 Å². The molecule has 0 saturated carbocycles. The van der Waals surface area contributed by atoms with Crippen molar-refractivity contribution in [1.82, 2.24) is 29.3 Å². The molecule has 0 spiro atoms. The number of rotatable bonds is 8. The number of aromatic amines is 1. The number of hydrogen-bond donors (Lipinski definition) is 1. The number of nitrogens with zero attached hydrogens (tertiary/aromatic N) is 5. The fourth-order valence-corrected chi connectivity index (χ4v) is 7.60. The van der Waals surface area contributed by atoms with Crippen molar-refractivity contribution in [3.05, 3.63) is 84.4 Å². The fourth-order valence-electron chi connectivity index (χ4n) is 7.60. The first-order chi connectivity index (χ1) is 23.9. The number of nitrogens with one attached hydrogen (secondary N) is 1. The number of aryl methyl sites for hydroxylation is 2. The Hall–Kier alpha value is -4.37. The molecule has 2 aromatic carbocycles. The van der Waals surface area contributed by atoms with Gasteiger partial charge in [-0.3, -0.25) is 19.3 Å². The summed E-state index contributed by atoms with van der Waals surface area (Å²) < 4.78 is 28.4. The van der Waals surface area contributed by atoms with Crippen molar-refractivity contribution in [2.24, 2.45) is 5.92 Å². The zero-order valence-corrected chi connectivity index (χ0v) is 28.4. The molecule has 8 rings (SSSR count). The number of benzene rings is 2. The van der Waals surface area contributed by atoms with Crippen molar-refractivity contribution in [2.45, 2.75) is 71.3 Å². The molecule has 0 bridgehead atoms. The largest absolute Gasteiger partial charge is 0.354 e. The van der Waals surface area contributed by atoms with E-state index >= 15 is 0 Å². The lowest BCUT2D eigenvalue weighted by atomic mass is 9.99. The van der Waals surface area contributed by atoms with Gasteiger partial charge in [-0.15, -0.1) is 0 Å². The summed E-state index contributed by atoms with van der Waals surface area (Å²) in [5, 5.41) is 3.98. The van der Waals surface area contributed by atoms with Crippen LogP contribution in [0, 0.1) is 5.92 Å². The Morgan fingerprint density at radius 3 is 2.31 bits per heavy atom. The van der Waals surface area contributed by atoms with Crippen molar-refractivity contribution >= 4 is 49.5 Å². The van der Waals surface area contributed by atoms with E-state index in [-0.39, 0.29) is 1.43 Å². The number of carbonyl (C=O) groups is 1. The number of amides is 1. The number of carbonyl (C=O) groups excluding carboxylic acids is 1. The highest BCUT2D eigenvalue weighted by atomic mass is 19.3. The summed E-state index contributed by atoms with van der Waals surface area (Å²) in [7, 11) is 0.